The lowest BCUT2D eigenvalue weighted by molar-refractivity contribution is 0.0688. The van der Waals surface area contributed by atoms with E-state index in [4.69, 9.17) is 11.6 Å². The number of aromatic nitrogens is 3. The molecule has 6 heteroatoms. The predicted molar refractivity (Wildman–Crippen MR) is 105 cm³/mol. The second-order valence-corrected chi connectivity index (χ2v) is 6.96. The molecule has 0 radical (unpaired) electrons. The maximum absolute atomic E-state index is 11.8. The molecule has 0 bridgehead atoms. The molecule has 1 aromatic carbocycles. The van der Waals surface area contributed by atoms with Gasteiger partial charge in [0.1, 0.15) is 0 Å². The lowest BCUT2D eigenvalue weighted by atomic mass is 10.0. The molecule has 2 heterocycles. The van der Waals surface area contributed by atoms with Crippen LogP contribution in [0.2, 0.25) is 5.02 Å². The van der Waals surface area contributed by atoms with Crippen LogP contribution in [0, 0.1) is 0 Å². The van der Waals surface area contributed by atoms with Crippen molar-refractivity contribution in [3.8, 4) is 5.69 Å². The minimum absolute atomic E-state index is 0.130. The average Bonchev–Trinajstić information content (AvgIpc) is 2.95. The Labute approximate surface area is 161 Å². The van der Waals surface area contributed by atoms with Gasteiger partial charge in [-0.05, 0) is 67.2 Å². The minimum Gasteiger partial charge on any atom is -0.476 e. The van der Waals surface area contributed by atoms with Gasteiger partial charge in [-0.3, -0.25) is 4.98 Å². The molecule has 4 rings (SSSR count). The molecule has 1 aliphatic carbocycles. The SMILES string of the molecule is O=C(O)c1nn(-c2ccncc2)c2c1CCCCC2=Cc1ccc(Cl)cc1. The number of allylic oxidation sites excluding steroid dienone is 1. The quantitative estimate of drug-likeness (QED) is 0.658. The first kappa shape index (κ1) is 17.5. The van der Waals surface area contributed by atoms with Crippen molar-refractivity contribution >= 4 is 29.2 Å². The lowest BCUT2D eigenvalue weighted by Crippen LogP contribution is -2.04. The van der Waals surface area contributed by atoms with Crippen LogP contribution >= 0.6 is 11.6 Å². The number of halogens is 1. The number of fused-ring (bicyclic) bond motifs is 1. The second kappa shape index (κ2) is 7.37. The van der Waals surface area contributed by atoms with Crippen molar-refractivity contribution in [1.29, 1.82) is 0 Å². The van der Waals surface area contributed by atoms with Crippen molar-refractivity contribution in [2.75, 3.05) is 0 Å². The Kier molecular flexibility index (Phi) is 4.77. The number of hydrogen-bond donors (Lipinski definition) is 1. The first-order chi connectivity index (χ1) is 13.1. The topological polar surface area (TPSA) is 68.0 Å². The highest BCUT2D eigenvalue weighted by Crippen LogP contribution is 2.35. The Morgan fingerprint density at radius 3 is 2.48 bits per heavy atom. The molecule has 0 amide bonds. The highest BCUT2D eigenvalue weighted by Gasteiger charge is 2.27. The van der Waals surface area contributed by atoms with E-state index >= 15 is 0 Å². The van der Waals surface area contributed by atoms with Crippen molar-refractivity contribution in [3.63, 3.8) is 0 Å². The van der Waals surface area contributed by atoms with Crippen molar-refractivity contribution < 1.29 is 9.90 Å². The third kappa shape index (κ3) is 3.51. The maximum atomic E-state index is 11.8. The highest BCUT2D eigenvalue weighted by atomic mass is 35.5. The van der Waals surface area contributed by atoms with E-state index in [0.29, 0.717) is 11.4 Å². The van der Waals surface area contributed by atoms with Gasteiger partial charge in [-0.15, -0.1) is 0 Å². The molecule has 0 atom stereocenters. The number of aromatic carboxylic acids is 1. The zero-order valence-electron chi connectivity index (χ0n) is 14.6. The van der Waals surface area contributed by atoms with Gasteiger partial charge >= 0.3 is 5.97 Å². The molecular formula is C21H18ClN3O2. The minimum atomic E-state index is -0.994. The summed E-state index contributed by atoms with van der Waals surface area (Å²) in [6.07, 6.45) is 8.99. The van der Waals surface area contributed by atoms with E-state index in [0.717, 1.165) is 47.3 Å². The van der Waals surface area contributed by atoms with Gasteiger partial charge in [0.25, 0.3) is 0 Å². The number of carboxylic acids is 1. The van der Waals surface area contributed by atoms with Crippen LogP contribution in [0.5, 0.6) is 0 Å². The molecule has 1 aliphatic rings. The molecule has 136 valence electrons. The molecule has 3 aromatic rings. The summed E-state index contributed by atoms with van der Waals surface area (Å²) < 4.78 is 1.74. The van der Waals surface area contributed by atoms with Crippen molar-refractivity contribution in [2.45, 2.75) is 25.7 Å². The summed E-state index contributed by atoms with van der Waals surface area (Å²) >= 11 is 6.00. The maximum Gasteiger partial charge on any atom is 0.356 e. The van der Waals surface area contributed by atoms with Crippen LogP contribution in [-0.4, -0.2) is 25.8 Å². The number of rotatable bonds is 3. The number of carbonyl (C=O) groups is 1. The summed E-state index contributed by atoms with van der Waals surface area (Å²) in [5.74, 6) is -0.994. The van der Waals surface area contributed by atoms with Crippen LogP contribution in [0.4, 0.5) is 0 Å². The first-order valence-corrected chi connectivity index (χ1v) is 9.23. The Balaban J connectivity index is 1.93. The van der Waals surface area contributed by atoms with Gasteiger partial charge in [-0.25, -0.2) is 9.48 Å². The fourth-order valence-corrected chi connectivity index (χ4v) is 3.62. The van der Waals surface area contributed by atoms with E-state index in [1.54, 1.807) is 17.1 Å². The number of nitrogens with zero attached hydrogens (tertiary/aromatic N) is 3. The van der Waals surface area contributed by atoms with Crippen LogP contribution in [0.3, 0.4) is 0 Å². The van der Waals surface area contributed by atoms with Gasteiger partial charge < -0.3 is 5.11 Å². The summed E-state index contributed by atoms with van der Waals surface area (Å²) in [6.45, 7) is 0. The van der Waals surface area contributed by atoms with Gasteiger partial charge in [0.05, 0.1) is 11.4 Å². The standard InChI is InChI=1S/C21H18ClN3O2/c22-16-7-5-14(6-8-16)13-15-3-1-2-4-18-19(21(26)27)24-25(20(15)18)17-9-11-23-12-10-17/h5-13H,1-4H2,(H,26,27). The molecule has 0 saturated heterocycles. The summed E-state index contributed by atoms with van der Waals surface area (Å²) in [5, 5.41) is 14.8. The Bertz CT molecular complexity index is 1010. The predicted octanol–water partition coefficient (Wildman–Crippen LogP) is 4.89. The largest absolute Gasteiger partial charge is 0.476 e. The second-order valence-electron chi connectivity index (χ2n) is 6.53. The van der Waals surface area contributed by atoms with E-state index in [1.807, 2.05) is 36.4 Å². The highest BCUT2D eigenvalue weighted by molar-refractivity contribution is 6.30. The van der Waals surface area contributed by atoms with Gasteiger partial charge in [0.15, 0.2) is 5.69 Å². The van der Waals surface area contributed by atoms with Crippen LogP contribution < -0.4 is 0 Å². The van der Waals surface area contributed by atoms with Crippen LogP contribution in [0.25, 0.3) is 17.3 Å². The van der Waals surface area contributed by atoms with E-state index in [2.05, 4.69) is 16.2 Å². The van der Waals surface area contributed by atoms with Crippen molar-refractivity contribution in [3.05, 3.63) is 76.3 Å². The van der Waals surface area contributed by atoms with Gasteiger partial charge in [-0.2, -0.15) is 5.10 Å². The number of carboxylic acid groups (broad SMARTS) is 1. The Hall–Kier alpha value is -2.92. The number of benzene rings is 1. The average molecular weight is 380 g/mol. The van der Waals surface area contributed by atoms with E-state index in [1.165, 1.54) is 0 Å². The summed E-state index contributed by atoms with van der Waals surface area (Å²) in [7, 11) is 0. The molecule has 0 saturated carbocycles. The van der Waals surface area contributed by atoms with Crippen LogP contribution in [-0.2, 0) is 6.42 Å². The third-order valence-electron chi connectivity index (χ3n) is 4.73. The summed E-state index contributed by atoms with van der Waals surface area (Å²) in [4.78, 5) is 15.9. The van der Waals surface area contributed by atoms with Gasteiger partial charge in [0, 0.05) is 23.0 Å². The first-order valence-electron chi connectivity index (χ1n) is 8.85. The monoisotopic (exact) mass is 379 g/mol. The summed E-state index contributed by atoms with van der Waals surface area (Å²) in [6, 6.07) is 11.3. The van der Waals surface area contributed by atoms with Crippen LogP contribution in [0.1, 0.15) is 46.6 Å². The number of hydrogen-bond acceptors (Lipinski definition) is 3. The smallest absolute Gasteiger partial charge is 0.356 e. The van der Waals surface area contributed by atoms with Gasteiger partial charge in [-0.1, -0.05) is 23.7 Å². The Morgan fingerprint density at radius 1 is 1.07 bits per heavy atom. The van der Waals surface area contributed by atoms with Crippen molar-refractivity contribution in [2.24, 2.45) is 0 Å². The van der Waals surface area contributed by atoms with E-state index in [9.17, 15) is 9.90 Å². The zero-order chi connectivity index (χ0) is 18.8. The summed E-state index contributed by atoms with van der Waals surface area (Å²) in [5.41, 5.74) is 4.73. The molecule has 0 aliphatic heterocycles. The Morgan fingerprint density at radius 2 is 1.78 bits per heavy atom. The third-order valence-corrected chi connectivity index (χ3v) is 4.98. The molecule has 0 unspecified atom stereocenters. The molecule has 0 spiro atoms. The molecule has 5 nitrogen and oxygen atoms in total. The number of pyridine rings is 1. The molecule has 2 aromatic heterocycles. The normalized spacial score (nSPS) is 15.4. The van der Waals surface area contributed by atoms with E-state index in [-0.39, 0.29) is 5.69 Å². The fraction of sp³-hybridized carbons (Fsp3) is 0.190. The van der Waals surface area contributed by atoms with Crippen molar-refractivity contribution in [1.82, 2.24) is 14.8 Å². The molecule has 0 fully saturated rings. The molecular weight excluding hydrogens is 362 g/mol. The van der Waals surface area contributed by atoms with E-state index < -0.39 is 5.97 Å². The van der Waals surface area contributed by atoms with Gasteiger partial charge in [0.2, 0.25) is 0 Å². The zero-order valence-corrected chi connectivity index (χ0v) is 15.4. The molecule has 1 N–H and O–H groups in total. The van der Waals surface area contributed by atoms with Crippen LogP contribution in [0.15, 0.2) is 48.8 Å². The molecule has 27 heavy (non-hydrogen) atoms. The fourth-order valence-electron chi connectivity index (χ4n) is 3.50. The lowest BCUT2D eigenvalue weighted by Gasteiger charge is -2.11.